The van der Waals surface area contributed by atoms with Gasteiger partial charge in [0.1, 0.15) is 30.6 Å². The fraction of sp³-hybridized carbons (Fsp3) is 0.138. The molecule has 0 atom stereocenters. The second-order valence-electron chi connectivity index (χ2n) is 7.95. The zero-order chi connectivity index (χ0) is 26.0. The number of aromatic nitrogens is 1. The first-order chi connectivity index (χ1) is 18.1. The van der Waals surface area contributed by atoms with Crippen molar-refractivity contribution in [2.45, 2.75) is 6.92 Å². The van der Waals surface area contributed by atoms with Crippen molar-refractivity contribution >= 4 is 28.5 Å². The quantitative estimate of drug-likeness (QED) is 0.156. The number of amides is 1. The van der Waals surface area contributed by atoms with Crippen LogP contribution in [0.3, 0.4) is 0 Å². The summed E-state index contributed by atoms with van der Waals surface area (Å²) in [7, 11) is 1.53. The summed E-state index contributed by atoms with van der Waals surface area (Å²) in [6.45, 7) is 2.70. The lowest BCUT2D eigenvalue weighted by Gasteiger charge is -2.12. The number of carbonyl (C=O) groups excluding carboxylic acids is 1. The number of hydrogen-bond donors (Lipinski definition) is 1. The number of nitrogens with zero attached hydrogens (tertiary/aromatic N) is 2. The first-order valence-electron chi connectivity index (χ1n) is 11.5. The van der Waals surface area contributed by atoms with Crippen molar-refractivity contribution in [1.82, 2.24) is 4.98 Å². The molecule has 0 aliphatic rings. The molecule has 186 valence electrons. The molecule has 0 saturated carbocycles. The Kier molecular flexibility index (Phi) is 8.53. The van der Waals surface area contributed by atoms with Crippen LogP contribution in [0.4, 0.5) is 5.13 Å². The zero-order valence-corrected chi connectivity index (χ0v) is 21.2. The van der Waals surface area contributed by atoms with Gasteiger partial charge in [0, 0.05) is 10.9 Å². The number of thiazole rings is 1. The summed E-state index contributed by atoms with van der Waals surface area (Å²) < 4.78 is 17.0. The number of hydrogen-bond acceptors (Lipinski definition) is 7. The molecule has 0 spiro atoms. The number of nitriles is 1. The minimum atomic E-state index is -0.538. The molecule has 1 aromatic heterocycles. The number of anilines is 1. The Morgan fingerprint density at radius 1 is 1.03 bits per heavy atom. The fourth-order valence-corrected chi connectivity index (χ4v) is 4.18. The Bertz CT molecular complexity index is 1440. The van der Waals surface area contributed by atoms with Gasteiger partial charge >= 0.3 is 0 Å². The SMILES string of the molecule is COc1cc(C=C(C#N)C(=O)Nc2nc(-c3ccccc3)cs2)ccc1OCCOc1cccc(C)c1. The lowest BCUT2D eigenvalue weighted by Crippen LogP contribution is -2.13. The number of methoxy groups -OCH3 is 1. The van der Waals surface area contributed by atoms with E-state index < -0.39 is 5.91 Å². The number of benzene rings is 3. The van der Waals surface area contributed by atoms with Gasteiger partial charge < -0.3 is 14.2 Å². The van der Waals surface area contributed by atoms with Crippen molar-refractivity contribution < 1.29 is 19.0 Å². The van der Waals surface area contributed by atoms with Gasteiger partial charge in [0.15, 0.2) is 16.6 Å². The third-order valence-electron chi connectivity index (χ3n) is 5.26. The molecule has 0 radical (unpaired) electrons. The molecule has 0 aliphatic carbocycles. The number of rotatable bonds is 10. The maximum atomic E-state index is 12.7. The van der Waals surface area contributed by atoms with E-state index in [1.807, 2.05) is 73.0 Å². The van der Waals surface area contributed by atoms with Gasteiger partial charge in [0.05, 0.1) is 12.8 Å². The third kappa shape index (κ3) is 6.97. The average Bonchev–Trinajstić information content (AvgIpc) is 3.39. The van der Waals surface area contributed by atoms with Gasteiger partial charge in [-0.25, -0.2) is 4.98 Å². The highest BCUT2D eigenvalue weighted by molar-refractivity contribution is 7.14. The van der Waals surface area contributed by atoms with Crippen LogP contribution in [0.5, 0.6) is 17.2 Å². The summed E-state index contributed by atoms with van der Waals surface area (Å²) in [6, 6.07) is 24.6. The van der Waals surface area contributed by atoms with Gasteiger partial charge in [-0.05, 0) is 48.4 Å². The van der Waals surface area contributed by atoms with Crippen LogP contribution in [0.1, 0.15) is 11.1 Å². The number of carbonyl (C=O) groups is 1. The molecule has 3 aromatic carbocycles. The minimum Gasteiger partial charge on any atom is -0.493 e. The topological polar surface area (TPSA) is 93.5 Å². The highest BCUT2D eigenvalue weighted by atomic mass is 32.1. The van der Waals surface area contributed by atoms with E-state index in [-0.39, 0.29) is 5.57 Å². The van der Waals surface area contributed by atoms with E-state index in [2.05, 4.69) is 10.3 Å². The number of ether oxygens (including phenoxy) is 3. The first-order valence-corrected chi connectivity index (χ1v) is 12.4. The van der Waals surface area contributed by atoms with E-state index >= 15 is 0 Å². The lowest BCUT2D eigenvalue weighted by atomic mass is 10.1. The summed E-state index contributed by atoms with van der Waals surface area (Å²) in [6.07, 6.45) is 1.49. The molecule has 37 heavy (non-hydrogen) atoms. The van der Waals surface area contributed by atoms with Gasteiger partial charge in [-0.2, -0.15) is 5.26 Å². The Hall–Kier alpha value is -4.61. The van der Waals surface area contributed by atoms with Crippen LogP contribution < -0.4 is 19.5 Å². The van der Waals surface area contributed by atoms with Crippen molar-refractivity contribution in [3.63, 3.8) is 0 Å². The molecule has 7 nitrogen and oxygen atoms in total. The smallest absolute Gasteiger partial charge is 0.268 e. The summed E-state index contributed by atoms with van der Waals surface area (Å²) in [5.74, 6) is 1.26. The van der Waals surface area contributed by atoms with E-state index in [4.69, 9.17) is 14.2 Å². The maximum absolute atomic E-state index is 12.7. The van der Waals surface area contributed by atoms with Crippen LogP contribution in [0.15, 0.2) is 83.7 Å². The largest absolute Gasteiger partial charge is 0.493 e. The molecule has 0 saturated heterocycles. The zero-order valence-electron chi connectivity index (χ0n) is 20.4. The van der Waals surface area contributed by atoms with Crippen LogP contribution in [-0.4, -0.2) is 31.2 Å². The summed E-state index contributed by atoms with van der Waals surface area (Å²) in [5, 5.41) is 14.6. The molecule has 1 heterocycles. The van der Waals surface area contributed by atoms with E-state index in [0.717, 1.165) is 22.6 Å². The molecule has 8 heteroatoms. The molecule has 4 rings (SSSR count). The summed E-state index contributed by atoms with van der Waals surface area (Å²) >= 11 is 1.30. The van der Waals surface area contributed by atoms with Gasteiger partial charge in [-0.1, -0.05) is 48.5 Å². The van der Waals surface area contributed by atoms with E-state index in [1.54, 1.807) is 18.2 Å². The van der Waals surface area contributed by atoms with Gasteiger partial charge in [0.2, 0.25) is 0 Å². The molecule has 1 N–H and O–H groups in total. The number of nitrogens with one attached hydrogen (secondary N) is 1. The highest BCUT2D eigenvalue weighted by Gasteiger charge is 2.14. The van der Waals surface area contributed by atoms with E-state index in [9.17, 15) is 10.1 Å². The van der Waals surface area contributed by atoms with Gasteiger partial charge in [-0.3, -0.25) is 10.1 Å². The van der Waals surface area contributed by atoms with Crippen LogP contribution in [-0.2, 0) is 4.79 Å². The number of aryl methyl sites for hydroxylation is 1. The predicted octanol–water partition coefficient (Wildman–Crippen LogP) is 6.13. The van der Waals surface area contributed by atoms with Crippen LogP contribution in [0.25, 0.3) is 17.3 Å². The Balaban J connectivity index is 1.38. The van der Waals surface area contributed by atoms with Crippen LogP contribution in [0, 0.1) is 18.3 Å². The van der Waals surface area contributed by atoms with E-state index in [1.165, 1.54) is 24.5 Å². The highest BCUT2D eigenvalue weighted by Crippen LogP contribution is 2.29. The molecule has 4 aromatic rings. The van der Waals surface area contributed by atoms with Crippen molar-refractivity contribution in [2.75, 3.05) is 25.6 Å². The van der Waals surface area contributed by atoms with Crippen LogP contribution in [0.2, 0.25) is 0 Å². The summed E-state index contributed by atoms with van der Waals surface area (Å²) in [5.41, 5.74) is 3.40. The van der Waals surface area contributed by atoms with E-state index in [0.29, 0.717) is 35.4 Å². The Morgan fingerprint density at radius 3 is 2.59 bits per heavy atom. The average molecular weight is 512 g/mol. The fourth-order valence-electron chi connectivity index (χ4n) is 3.46. The Morgan fingerprint density at radius 2 is 1.84 bits per heavy atom. The second-order valence-corrected chi connectivity index (χ2v) is 8.81. The second kappa shape index (κ2) is 12.4. The first kappa shape index (κ1) is 25.5. The standard InChI is InChI=1S/C29H25N3O4S/c1-20-7-6-10-24(15-20)35-13-14-36-26-12-11-21(17-27(26)34-2)16-23(18-30)28(33)32-29-31-25(19-37-29)22-8-4-3-5-9-22/h3-12,15-17,19H,13-14H2,1-2H3,(H,31,32,33). The maximum Gasteiger partial charge on any atom is 0.268 e. The molecular weight excluding hydrogens is 486 g/mol. The van der Waals surface area contributed by atoms with Crippen LogP contribution >= 0.6 is 11.3 Å². The predicted molar refractivity (Wildman–Crippen MR) is 145 cm³/mol. The molecule has 0 bridgehead atoms. The minimum absolute atomic E-state index is 0.0567. The van der Waals surface area contributed by atoms with Crippen molar-refractivity contribution in [1.29, 1.82) is 5.26 Å². The summed E-state index contributed by atoms with van der Waals surface area (Å²) in [4.78, 5) is 17.2. The van der Waals surface area contributed by atoms with Crippen molar-refractivity contribution in [2.24, 2.45) is 0 Å². The van der Waals surface area contributed by atoms with Gasteiger partial charge in [-0.15, -0.1) is 11.3 Å². The Labute approximate surface area is 219 Å². The molecule has 0 aliphatic heterocycles. The normalized spacial score (nSPS) is 10.9. The lowest BCUT2D eigenvalue weighted by molar-refractivity contribution is -0.112. The molecular formula is C29H25N3O4S. The monoisotopic (exact) mass is 511 g/mol. The molecule has 0 unspecified atom stereocenters. The molecule has 0 fully saturated rings. The molecule has 1 amide bonds. The van der Waals surface area contributed by atoms with Gasteiger partial charge in [0.25, 0.3) is 5.91 Å². The van der Waals surface area contributed by atoms with Crippen molar-refractivity contribution in [3.05, 3.63) is 94.9 Å². The van der Waals surface area contributed by atoms with Crippen molar-refractivity contribution in [3.8, 4) is 34.6 Å². The third-order valence-corrected chi connectivity index (χ3v) is 6.01.